The monoisotopic (exact) mass is 903 g/mol. The summed E-state index contributed by atoms with van der Waals surface area (Å²) in [6.45, 7) is 0. The highest BCUT2D eigenvalue weighted by atomic mass is 32.1. The van der Waals surface area contributed by atoms with Crippen molar-refractivity contribution in [1.82, 2.24) is 0 Å². The number of hydrogen-bond acceptors (Lipinski definition) is 3. The predicted molar refractivity (Wildman–Crippen MR) is 290 cm³/mol. The third kappa shape index (κ3) is 5.36. The van der Waals surface area contributed by atoms with Gasteiger partial charge in [0.1, 0.15) is 11.5 Å². The number of nitrogens with zero attached hydrogens (tertiary/aromatic N) is 1. The van der Waals surface area contributed by atoms with Gasteiger partial charge in [-0.05, 0) is 106 Å². The zero-order chi connectivity index (χ0) is 44.1. The summed E-state index contributed by atoms with van der Waals surface area (Å²) >= 11 is 1.89. The largest absolute Gasteiger partial charge is 0.458 e. The number of anilines is 3. The van der Waals surface area contributed by atoms with E-state index in [0.29, 0.717) is 0 Å². The summed E-state index contributed by atoms with van der Waals surface area (Å²) in [5.74, 6) is 1.89. The lowest BCUT2D eigenvalue weighted by molar-refractivity contribution is 0.487. The number of benzene rings is 11. The van der Waals surface area contributed by atoms with Crippen LogP contribution in [0.5, 0.6) is 11.5 Å². The quantitative estimate of drug-likeness (QED) is 0.126. The van der Waals surface area contributed by atoms with Gasteiger partial charge in [0.05, 0.1) is 10.4 Å². The maximum atomic E-state index is 6.96. The van der Waals surface area contributed by atoms with Crippen LogP contribution in [-0.2, 0) is 0 Å². The number of fused-ring (bicyclic) bond motifs is 14. The van der Waals surface area contributed by atoms with Crippen molar-refractivity contribution in [3.8, 4) is 11.5 Å². The van der Waals surface area contributed by atoms with E-state index in [1.54, 1.807) is 0 Å². The van der Waals surface area contributed by atoms with Gasteiger partial charge in [-0.1, -0.05) is 206 Å². The van der Waals surface area contributed by atoms with Crippen LogP contribution in [0.4, 0.5) is 17.1 Å². The minimum absolute atomic E-state index is 0.946. The fourth-order valence-electron chi connectivity index (χ4n) is 12.0. The first kappa shape index (κ1) is 38.5. The fraction of sp³-hybridized carbons (Fsp3) is 0. The summed E-state index contributed by atoms with van der Waals surface area (Å²) in [5.41, 5.74) is 3.52. The summed E-state index contributed by atoms with van der Waals surface area (Å²) in [6, 6.07) is 94.0. The molecule has 314 valence electrons. The molecule has 1 spiro atoms. The average molecular weight is 904 g/mol. The van der Waals surface area contributed by atoms with Crippen LogP contribution in [0.2, 0.25) is 0 Å². The maximum absolute atomic E-state index is 6.96. The molecule has 67 heavy (non-hydrogen) atoms. The van der Waals surface area contributed by atoms with Crippen molar-refractivity contribution in [2.24, 2.45) is 0 Å². The Morgan fingerprint density at radius 2 is 0.866 bits per heavy atom. The van der Waals surface area contributed by atoms with Crippen LogP contribution in [0.15, 0.2) is 249 Å². The molecule has 0 N–H and O–H groups in total. The first-order valence-corrected chi connectivity index (χ1v) is 27.9. The third-order valence-electron chi connectivity index (χ3n) is 14.6. The van der Waals surface area contributed by atoms with E-state index in [2.05, 4.69) is 254 Å². The Balaban J connectivity index is 1.20. The van der Waals surface area contributed by atoms with Crippen molar-refractivity contribution in [1.29, 1.82) is 0 Å². The molecule has 0 radical (unpaired) electrons. The summed E-state index contributed by atoms with van der Waals surface area (Å²) < 4.78 is 9.52. The Hall–Kier alpha value is -7.81. The Bertz CT molecular complexity index is 3850. The van der Waals surface area contributed by atoms with E-state index in [-0.39, 0.29) is 0 Å². The summed E-state index contributed by atoms with van der Waals surface area (Å²) in [6.07, 6.45) is 0. The molecule has 5 heteroatoms. The fourth-order valence-corrected chi connectivity index (χ4v) is 25.7. The SMILES string of the molecule is c1ccc([Si]2(c3ccccc3)c3ccccc3[Si]3(c4ccccc4Oc4ccccc43)c3cccc(N(c4ccc5c(ccc6ccccc65)c4)c4cccc5c4sc4ccccc45)c32)cc1. The number of rotatable bonds is 5. The molecule has 0 saturated heterocycles. The first-order chi connectivity index (χ1) is 33.2. The second-order valence-corrected chi connectivity index (χ2v) is 26.3. The highest BCUT2D eigenvalue weighted by molar-refractivity contribution is 7.33. The Morgan fingerprint density at radius 3 is 1.60 bits per heavy atom. The van der Waals surface area contributed by atoms with Gasteiger partial charge in [-0.25, -0.2) is 0 Å². The highest BCUT2D eigenvalue weighted by Crippen LogP contribution is 2.46. The van der Waals surface area contributed by atoms with E-state index in [1.807, 2.05) is 11.3 Å². The molecule has 2 nitrogen and oxygen atoms in total. The third-order valence-corrected chi connectivity index (χ3v) is 26.2. The van der Waals surface area contributed by atoms with Crippen molar-refractivity contribution in [2.75, 3.05) is 4.90 Å². The molecule has 1 aromatic heterocycles. The molecule has 0 atom stereocenters. The molecule has 0 bridgehead atoms. The molecule has 0 aliphatic carbocycles. The van der Waals surface area contributed by atoms with Crippen LogP contribution in [0.1, 0.15) is 0 Å². The van der Waals surface area contributed by atoms with Crippen LogP contribution in [0.25, 0.3) is 41.7 Å². The minimum Gasteiger partial charge on any atom is -0.458 e. The van der Waals surface area contributed by atoms with E-state index in [9.17, 15) is 0 Å². The Labute approximate surface area is 395 Å². The second kappa shape index (κ2) is 14.9. The number of para-hydroxylation sites is 2. The van der Waals surface area contributed by atoms with E-state index >= 15 is 0 Å². The minimum atomic E-state index is -3.24. The standard InChI is InChI=1S/C62H41NOSSi2/c1-3-20-45(21-4-1)66(46-22-5-2-6-23-46)58-34-15-16-35-59(58)67(56-32-13-10-29-53(56)64-54-30-11-14-33-57(54)67)60-36-18-28-52(62(60)66)63(51-27-17-26-50-49-25-9-12-31-55(49)65-61(50)51)44-39-40-48-43(41-44)38-37-42-19-7-8-24-47(42)48/h1-41H. The van der Waals surface area contributed by atoms with Crippen molar-refractivity contribution in [3.05, 3.63) is 249 Å². The molecular weight excluding hydrogens is 863 g/mol. The van der Waals surface area contributed by atoms with Crippen molar-refractivity contribution < 1.29 is 4.74 Å². The van der Waals surface area contributed by atoms with E-state index < -0.39 is 16.1 Å². The first-order valence-electron chi connectivity index (χ1n) is 23.1. The van der Waals surface area contributed by atoms with Crippen molar-refractivity contribution in [3.63, 3.8) is 0 Å². The van der Waals surface area contributed by atoms with Gasteiger partial charge in [0, 0.05) is 26.8 Å². The average Bonchev–Trinajstić information content (AvgIpc) is 3.79. The molecule has 0 saturated carbocycles. The van der Waals surface area contributed by atoms with Crippen LogP contribution in [0.3, 0.4) is 0 Å². The van der Waals surface area contributed by atoms with E-state index in [1.165, 1.54) is 94.6 Å². The van der Waals surface area contributed by atoms with Gasteiger partial charge in [0.25, 0.3) is 0 Å². The number of hydrogen-bond donors (Lipinski definition) is 0. The summed E-state index contributed by atoms with van der Waals surface area (Å²) in [4.78, 5) is 2.64. The topological polar surface area (TPSA) is 12.5 Å². The van der Waals surface area contributed by atoms with E-state index in [4.69, 9.17) is 4.74 Å². The molecule has 2 aliphatic heterocycles. The van der Waals surface area contributed by atoms with Crippen molar-refractivity contribution in [2.45, 2.75) is 0 Å². The van der Waals surface area contributed by atoms with E-state index in [0.717, 1.165) is 17.2 Å². The van der Waals surface area contributed by atoms with Crippen LogP contribution in [-0.4, -0.2) is 16.1 Å². The zero-order valence-corrected chi connectivity index (χ0v) is 39.3. The molecule has 0 fully saturated rings. The Kier molecular flexibility index (Phi) is 8.53. The van der Waals surface area contributed by atoms with Gasteiger partial charge in [-0.2, -0.15) is 0 Å². The van der Waals surface area contributed by atoms with Crippen molar-refractivity contribution >= 4 is 128 Å². The highest BCUT2D eigenvalue weighted by Gasteiger charge is 2.60. The lowest BCUT2D eigenvalue weighted by Crippen LogP contribution is -2.93. The normalized spacial score (nSPS) is 14.0. The van der Waals surface area contributed by atoms with Crippen LogP contribution < -0.4 is 51.1 Å². The van der Waals surface area contributed by atoms with Gasteiger partial charge in [-0.3, -0.25) is 0 Å². The predicted octanol–water partition coefficient (Wildman–Crippen LogP) is 11.0. The Morgan fingerprint density at radius 1 is 0.343 bits per heavy atom. The molecule has 0 amide bonds. The lowest BCUT2D eigenvalue weighted by atomic mass is 10.0. The molecule has 3 heterocycles. The van der Waals surface area contributed by atoms with Gasteiger partial charge < -0.3 is 9.64 Å². The molecule has 12 aromatic rings. The molecular formula is C62H41NOSSi2. The second-order valence-electron chi connectivity index (χ2n) is 17.9. The van der Waals surface area contributed by atoms with Gasteiger partial charge in [0.15, 0.2) is 16.1 Å². The molecule has 11 aromatic carbocycles. The smallest absolute Gasteiger partial charge is 0.188 e. The summed E-state index contributed by atoms with van der Waals surface area (Å²) in [5, 5.41) is 18.6. The number of ether oxygens (including phenoxy) is 1. The molecule has 2 aliphatic rings. The molecule has 14 rings (SSSR count). The van der Waals surface area contributed by atoms with Crippen LogP contribution >= 0.6 is 11.3 Å². The lowest BCUT2D eigenvalue weighted by Gasteiger charge is -2.51. The zero-order valence-electron chi connectivity index (χ0n) is 36.4. The van der Waals surface area contributed by atoms with Gasteiger partial charge >= 0.3 is 0 Å². The van der Waals surface area contributed by atoms with Gasteiger partial charge in [0.2, 0.25) is 0 Å². The summed E-state index contributed by atoms with van der Waals surface area (Å²) in [7, 11) is -6.39. The van der Waals surface area contributed by atoms with Crippen LogP contribution in [0, 0.1) is 0 Å². The number of thiophene rings is 1. The maximum Gasteiger partial charge on any atom is 0.188 e. The van der Waals surface area contributed by atoms with Gasteiger partial charge in [-0.15, -0.1) is 11.3 Å². The molecule has 0 unspecified atom stereocenters.